The van der Waals surface area contributed by atoms with Crippen molar-refractivity contribution in [2.24, 2.45) is 0 Å². The Balaban J connectivity index is 1.77. The Kier molecular flexibility index (Phi) is 3.13. The van der Waals surface area contributed by atoms with Gasteiger partial charge in [0.25, 0.3) is 0 Å². The normalized spacial score (nSPS) is 35.9. The van der Waals surface area contributed by atoms with Crippen molar-refractivity contribution in [2.75, 3.05) is 6.61 Å². The molecule has 3 aliphatic rings. The van der Waals surface area contributed by atoms with Crippen LogP contribution in [0, 0.1) is 0 Å². The van der Waals surface area contributed by atoms with Crippen LogP contribution >= 0.6 is 0 Å². The molecular weight excluding hydrogens is 240 g/mol. The minimum atomic E-state index is -0.182. The van der Waals surface area contributed by atoms with Gasteiger partial charge < -0.3 is 9.64 Å². The quantitative estimate of drug-likeness (QED) is 0.850. The molecule has 0 aromatic rings. The minimum absolute atomic E-state index is 0.0117. The highest BCUT2D eigenvalue weighted by molar-refractivity contribution is 5.92. The molecule has 19 heavy (non-hydrogen) atoms. The minimum Gasteiger partial charge on any atom is -0.375 e. The maximum atomic E-state index is 12.6. The number of rotatable bonds is 3. The molecule has 0 aromatic heterocycles. The van der Waals surface area contributed by atoms with Gasteiger partial charge in [0.2, 0.25) is 5.91 Å². The Morgan fingerprint density at radius 1 is 1.37 bits per heavy atom. The number of carbonyl (C=O) groups excluding carboxylic acids is 1. The molecule has 2 aliphatic heterocycles. The van der Waals surface area contributed by atoms with Crippen LogP contribution in [0.1, 0.15) is 59.3 Å². The van der Waals surface area contributed by atoms with Crippen molar-refractivity contribution in [2.45, 2.75) is 82.6 Å². The fourth-order valence-electron chi connectivity index (χ4n) is 3.90. The average molecular weight is 266 g/mol. The maximum absolute atomic E-state index is 12.6. The van der Waals surface area contributed by atoms with Gasteiger partial charge in [-0.05, 0) is 45.4 Å². The van der Waals surface area contributed by atoms with Crippen LogP contribution in [0.2, 0.25) is 0 Å². The summed E-state index contributed by atoms with van der Waals surface area (Å²) in [6.07, 6.45) is 6.27. The lowest BCUT2D eigenvalue weighted by Gasteiger charge is -2.44. The molecule has 2 saturated heterocycles. The molecule has 0 aromatic carbocycles. The number of amides is 1. The first kappa shape index (κ1) is 13.4. The number of ether oxygens (including phenoxy) is 1. The van der Waals surface area contributed by atoms with Crippen molar-refractivity contribution in [1.29, 1.82) is 0 Å². The number of carbonyl (C=O) groups is 1. The van der Waals surface area contributed by atoms with E-state index in [1.165, 1.54) is 0 Å². The van der Waals surface area contributed by atoms with E-state index in [-0.39, 0.29) is 17.3 Å². The Hall–Kier alpha value is -0.610. The smallest absolute Gasteiger partial charge is 0.244 e. The van der Waals surface area contributed by atoms with Crippen LogP contribution in [0.5, 0.6) is 0 Å². The molecule has 1 aliphatic carbocycles. The van der Waals surface area contributed by atoms with Crippen LogP contribution in [0.15, 0.2) is 0 Å². The van der Waals surface area contributed by atoms with Gasteiger partial charge in [-0.3, -0.25) is 10.1 Å². The maximum Gasteiger partial charge on any atom is 0.244 e. The Bertz CT molecular complexity index is 374. The first-order valence-electron chi connectivity index (χ1n) is 7.80. The van der Waals surface area contributed by atoms with E-state index in [1.54, 1.807) is 0 Å². The van der Waals surface area contributed by atoms with Crippen molar-refractivity contribution < 1.29 is 9.53 Å². The zero-order valence-electron chi connectivity index (χ0n) is 12.4. The molecule has 1 amide bonds. The predicted octanol–water partition coefficient (Wildman–Crippen LogP) is 2.03. The predicted molar refractivity (Wildman–Crippen MR) is 73.7 cm³/mol. The van der Waals surface area contributed by atoms with Crippen LogP contribution in [0.25, 0.3) is 0 Å². The van der Waals surface area contributed by atoms with E-state index < -0.39 is 0 Å². The third kappa shape index (κ3) is 2.00. The summed E-state index contributed by atoms with van der Waals surface area (Å²) in [7, 11) is 0. The van der Waals surface area contributed by atoms with E-state index in [0.717, 1.165) is 45.1 Å². The lowest BCUT2D eigenvalue weighted by Crippen LogP contribution is -2.51. The second-order valence-electron chi connectivity index (χ2n) is 6.50. The summed E-state index contributed by atoms with van der Waals surface area (Å²) in [6.45, 7) is 7.30. The summed E-state index contributed by atoms with van der Waals surface area (Å²) in [5, 5.41) is 3.50. The van der Waals surface area contributed by atoms with Crippen LogP contribution in [-0.4, -0.2) is 40.8 Å². The van der Waals surface area contributed by atoms with E-state index >= 15 is 0 Å². The number of hydrogen-bond donors (Lipinski definition) is 1. The molecule has 0 radical (unpaired) electrons. The van der Waals surface area contributed by atoms with Gasteiger partial charge >= 0.3 is 0 Å². The summed E-state index contributed by atoms with van der Waals surface area (Å²) in [5.41, 5.74) is -0.193. The van der Waals surface area contributed by atoms with Crippen LogP contribution in [-0.2, 0) is 9.53 Å². The second kappa shape index (κ2) is 4.45. The molecular formula is C15H26N2O2. The summed E-state index contributed by atoms with van der Waals surface area (Å²) >= 11 is 0. The fraction of sp³-hybridized carbons (Fsp3) is 0.933. The SMILES string of the molecule is CCC1(CC)CC(N2C(=O)C3(CC3)NC2C)CCO1. The van der Waals surface area contributed by atoms with E-state index in [2.05, 4.69) is 31.0 Å². The Morgan fingerprint density at radius 2 is 2.05 bits per heavy atom. The Labute approximate surface area is 115 Å². The van der Waals surface area contributed by atoms with E-state index in [1.807, 2.05) is 0 Å². The first-order chi connectivity index (χ1) is 9.06. The molecule has 108 valence electrons. The highest BCUT2D eigenvalue weighted by Gasteiger charge is 2.59. The van der Waals surface area contributed by atoms with E-state index in [0.29, 0.717) is 11.9 Å². The molecule has 3 rings (SSSR count). The number of nitrogens with zero attached hydrogens (tertiary/aromatic N) is 1. The molecule has 2 heterocycles. The van der Waals surface area contributed by atoms with Gasteiger partial charge in [-0.15, -0.1) is 0 Å². The highest BCUT2D eigenvalue weighted by atomic mass is 16.5. The molecule has 1 saturated carbocycles. The summed E-state index contributed by atoms with van der Waals surface area (Å²) in [4.78, 5) is 14.7. The average Bonchev–Trinajstić information content (AvgIpc) is 3.14. The van der Waals surface area contributed by atoms with Gasteiger partial charge in [-0.1, -0.05) is 13.8 Å². The first-order valence-corrected chi connectivity index (χ1v) is 7.80. The Morgan fingerprint density at radius 3 is 2.58 bits per heavy atom. The molecule has 4 heteroatoms. The lowest BCUT2D eigenvalue weighted by atomic mass is 9.85. The summed E-state index contributed by atoms with van der Waals surface area (Å²) < 4.78 is 6.03. The van der Waals surface area contributed by atoms with Gasteiger partial charge in [0, 0.05) is 12.6 Å². The molecule has 4 nitrogen and oxygen atoms in total. The third-order valence-electron chi connectivity index (χ3n) is 5.45. The van der Waals surface area contributed by atoms with E-state index in [9.17, 15) is 4.79 Å². The highest BCUT2D eigenvalue weighted by Crippen LogP contribution is 2.44. The zero-order valence-corrected chi connectivity index (χ0v) is 12.4. The van der Waals surface area contributed by atoms with Crippen molar-refractivity contribution in [1.82, 2.24) is 10.2 Å². The van der Waals surface area contributed by atoms with Gasteiger partial charge in [0.1, 0.15) is 0 Å². The van der Waals surface area contributed by atoms with Crippen molar-refractivity contribution in [3.05, 3.63) is 0 Å². The molecule has 0 bridgehead atoms. The van der Waals surface area contributed by atoms with E-state index in [4.69, 9.17) is 4.74 Å². The van der Waals surface area contributed by atoms with Crippen LogP contribution in [0.4, 0.5) is 0 Å². The fourth-order valence-corrected chi connectivity index (χ4v) is 3.90. The monoisotopic (exact) mass is 266 g/mol. The van der Waals surface area contributed by atoms with Gasteiger partial charge in [-0.25, -0.2) is 0 Å². The van der Waals surface area contributed by atoms with Crippen molar-refractivity contribution in [3.63, 3.8) is 0 Å². The number of nitrogens with one attached hydrogen (secondary N) is 1. The lowest BCUT2D eigenvalue weighted by molar-refractivity contribution is -0.143. The summed E-state index contributed by atoms with van der Waals surface area (Å²) in [6, 6.07) is 0.351. The topological polar surface area (TPSA) is 41.6 Å². The van der Waals surface area contributed by atoms with Gasteiger partial charge in [0.15, 0.2) is 0 Å². The standard InChI is InChI=1S/C15H26N2O2/c1-4-14(5-2)10-12(6-9-19-14)17-11(3)16-15(7-8-15)13(17)18/h11-12,16H,4-10H2,1-3H3. The molecule has 1 N–H and O–H groups in total. The van der Waals surface area contributed by atoms with Crippen LogP contribution < -0.4 is 5.32 Å². The van der Waals surface area contributed by atoms with Crippen molar-refractivity contribution >= 4 is 5.91 Å². The second-order valence-corrected chi connectivity index (χ2v) is 6.50. The zero-order chi connectivity index (χ0) is 13.7. The third-order valence-corrected chi connectivity index (χ3v) is 5.45. The van der Waals surface area contributed by atoms with Crippen LogP contribution in [0.3, 0.4) is 0 Å². The van der Waals surface area contributed by atoms with Gasteiger partial charge in [0.05, 0.1) is 17.3 Å². The molecule has 3 fully saturated rings. The molecule has 2 atom stereocenters. The largest absolute Gasteiger partial charge is 0.375 e. The van der Waals surface area contributed by atoms with Crippen molar-refractivity contribution in [3.8, 4) is 0 Å². The number of hydrogen-bond acceptors (Lipinski definition) is 3. The van der Waals surface area contributed by atoms with Gasteiger partial charge in [-0.2, -0.15) is 0 Å². The molecule has 1 spiro atoms. The summed E-state index contributed by atoms with van der Waals surface area (Å²) in [5.74, 6) is 0.341. The molecule has 2 unspecified atom stereocenters.